The van der Waals surface area contributed by atoms with Gasteiger partial charge in [-0.1, -0.05) is 6.92 Å². The summed E-state index contributed by atoms with van der Waals surface area (Å²) < 4.78 is 5.37. The van der Waals surface area contributed by atoms with Gasteiger partial charge in [0.2, 0.25) is 11.7 Å². The molecule has 1 aliphatic rings. The molecule has 1 aromatic heterocycles. The Morgan fingerprint density at radius 3 is 2.68 bits per heavy atom. The molecule has 0 spiro atoms. The van der Waals surface area contributed by atoms with Crippen LogP contribution in [0, 0.1) is 0 Å². The van der Waals surface area contributed by atoms with E-state index in [1.165, 1.54) is 4.80 Å². The lowest BCUT2D eigenvalue weighted by molar-refractivity contribution is -0.122. The number of hydrogen-bond acceptors (Lipinski definition) is 6. The maximum Gasteiger partial charge on any atom is 0.243 e. The van der Waals surface area contributed by atoms with Gasteiger partial charge in [-0.15, -0.1) is 10.2 Å². The fourth-order valence-corrected chi connectivity index (χ4v) is 2.62. The number of benzene rings is 1. The second-order valence-electron chi connectivity index (χ2n) is 6.17. The number of carbonyl (C=O) groups is 1. The molecule has 1 aromatic carbocycles. The molecular weight excluding hydrogens is 320 g/mol. The number of tetrazole rings is 1. The Morgan fingerprint density at radius 1 is 1.28 bits per heavy atom. The number of rotatable bonds is 6. The summed E-state index contributed by atoms with van der Waals surface area (Å²) in [6.45, 7) is 7.39. The first-order valence-electron chi connectivity index (χ1n) is 8.66. The third-order valence-corrected chi connectivity index (χ3v) is 4.26. The predicted octanol–water partition coefficient (Wildman–Crippen LogP) is 1.09. The summed E-state index contributed by atoms with van der Waals surface area (Å²) in [6, 6.07) is 8.20. The van der Waals surface area contributed by atoms with Crippen LogP contribution in [0.3, 0.4) is 0 Å². The van der Waals surface area contributed by atoms with Crippen LogP contribution >= 0.6 is 0 Å². The summed E-state index contributed by atoms with van der Waals surface area (Å²) in [4.78, 5) is 15.5. The number of ether oxygens (including phenoxy) is 1. The first kappa shape index (κ1) is 17.3. The Morgan fingerprint density at radius 2 is 2.00 bits per heavy atom. The van der Waals surface area contributed by atoms with Gasteiger partial charge in [-0.05, 0) is 42.8 Å². The molecule has 8 nitrogen and oxygen atoms in total. The number of morpholine rings is 1. The van der Waals surface area contributed by atoms with Gasteiger partial charge < -0.3 is 15.0 Å². The van der Waals surface area contributed by atoms with Gasteiger partial charge in [-0.25, -0.2) is 0 Å². The largest absolute Gasteiger partial charge is 0.378 e. The van der Waals surface area contributed by atoms with E-state index >= 15 is 0 Å². The number of nitrogens with one attached hydrogen (secondary N) is 1. The van der Waals surface area contributed by atoms with E-state index < -0.39 is 0 Å². The molecule has 3 rings (SSSR count). The van der Waals surface area contributed by atoms with Crippen molar-refractivity contribution in [3.8, 4) is 11.4 Å². The monoisotopic (exact) mass is 344 g/mol. The summed E-state index contributed by atoms with van der Waals surface area (Å²) in [5.41, 5.74) is 2.04. The Kier molecular flexibility index (Phi) is 5.60. The molecule has 1 unspecified atom stereocenters. The normalized spacial score (nSPS) is 15.8. The highest BCUT2D eigenvalue weighted by Crippen LogP contribution is 2.20. The highest BCUT2D eigenvalue weighted by molar-refractivity contribution is 5.75. The van der Waals surface area contributed by atoms with Crippen molar-refractivity contribution in [1.82, 2.24) is 25.5 Å². The van der Waals surface area contributed by atoms with Crippen LogP contribution in [-0.2, 0) is 16.1 Å². The molecule has 8 heteroatoms. The van der Waals surface area contributed by atoms with Crippen molar-refractivity contribution < 1.29 is 9.53 Å². The van der Waals surface area contributed by atoms with E-state index in [4.69, 9.17) is 4.74 Å². The molecule has 1 atom stereocenters. The van der Waals surface area contributed by atoms with Crippen molar-refractivity contribution in [2.24, 2.45) is 0 Å². The highest BCUT2D eigenvalue weighted by Gasteiger charge is 2.13. The zero-order chi connectivity index (χ0) is 17.6. The molecule has 1 N–H and O–H groups in total. The summed E-state index contributed by atoms with van der Waals surface area (Å²) >= 11 is 0. The van der Waals surface area contributed by atoms with Crippen molar-refractivity contribution in [3.05, 3.63) is 24.3 Å². The smallest absolute Gasteiger partial charge is 0.243 e. The third kappa shape index (κ3) is 4.54. The van der Waals surface area contributed by atoms with Crippen LogP contribution in [0.5, 0.6) is 0 Å². The van der Waals surface area contributed by atoms with Gasteiger partial charge in [0.25, 0.3) is 0 Å². The Balaban J connectivity index is 1.62. The topological polar surface area (TPSA) is 85.2 Å². The first-order valence-corrected chi connectivity index (χ1v) is 8.66. The molecule has 25 heavy (non-hydrogen) atoms. The Labute approximate surface area is 147 Å². The van der Waals surface area contributed by atoms with E-state index in [0.29, 0.717) is 5.82 Å². The molecular formula is C17H24N6O2. The Bertz CT molecular complexity index is 693. The standard InChI is InChI=1S/C17H24N6O2/c1-3-13(2)18-16(24)12-23-20-17(19-21-23)14-4-6-15(7-5-14)22-8-10-25-11-9-22/h4-7,13H,3,8-12H2,1-2H3,(H,18,24). The molecule has 0 bridgehead atoms. The second kappa shape index (κ2) is 8.06. The minimum atomic E-state index is -0.110. The molecule has 1 fully saturated rings. The number of hydrogen-bond donors (Lipinski definition) is 1. The number of anilines is 1. The maximum absolute atomic E-state index is 11.9. The molecule has 1 amide bonds. The van der Waals surface area contributed by atoms with E-state index in [0.717, 1.165) is 44.0 Å². The third-order valence-electron chi connectivity index (χ3n) is 4.26. The van der Waals surface area contributed by atoms with E-state index in [9.17, 15) is 4.79 Å². The van der Waals surface area contributed by atoms with Gasteiger partial charge in [0.1, 0.15) is 6.54 Å². The van der Waals surface area contributed by atoms with Crippen molar-refractivity contribution in [2.75, 3.05) is 31.2 Å². The molecule has 134 valence electrons. The van der Waals surface area contributed by atoms with Crippen molar-refractivity contribution >= 4 is 11.6 Å². The van der Waals surface area contributed by atoms with Gasteiger partial charge >= 0.3 is 0 Å². The number of aromatic nitrogens is 4. The van der Waals surface area contributed by atoms with Gasteiger partial charge in [0.05, 0.1) is 13.2 Å². The minimum absolute atomic E-state index is 0.0726. The SMILES string of the molecule is CCC(C)NC(=O)Cn1nnc(-c2ccc(N3CCOCC3)cc2)n1. The fourth-order valence-electron chi connectivity index (χ4n) is 2.62. The van der Waals surface area contributed by atoms with Gasteiger partial charge in [0.15, 0.2) is 0 Å². The summed E-state index contributed by atoms with van der Waals surface area (Å²) in [5, 5.41) is 15.2. The van der Waals surface area contributed by atoms with Gasteiger partial charge in [0, 0.05) is 30.4 Å². The van der Waals surface area contributed by atoms with E-state index in [1.54, 1.807) is 0 Å². The maximum atomic E-state index is 11.9. The molecule has 0 saturated carbocycles. The summed E-state index contributed by atoms with van der Waals surface area (Å²) in [6.07, 6.45) is 0.886. The molecule has 0 aliphatic carbocycles. The summed E-state index contributed by atoms with van der Waals surface area (Å²) in [5.74, 6) is 0.408. The van der Waals surface area contributed by atoms with E-state index in [2.05, 4.69) is 37.8 Å². The average Bonchev–Trinajstić information content (AvgIpc) is 3.10. The lowest BCUT2D eigenvalue weighted by atomic mass is 10.2. The average molecular weight is 344 g/mol. The van der Waals surface area contributed by atoms with Gasteiger partial charge in [-0.2, -0.15) is 4.80 Å². The molecule has 2 heterocycles. The van der Waals surface area contributed by atoms with Crippen LogP contribution in [0.1, 0.15) is 20.3 Å². The van der Waals surface area contributed by atoms with Gasteiger partial charge in [-0.3, -0.25) is 4.79 Å². The van der Waals surface area contributed by atoms with Crippen LogP contribution in [0.4, 0.5) is 5.69 Å². The summed E-state index contributed by atoms with van der Waals surface area (Å²) in [7, 11) is 0. The highest BCUT2D eigenvalue weighted by atomic mass is 16.5. The number of amides is 1. The molecule has 1 aliphatic heterocycles. The lowest BCUT2D eigenvalue weighted by Crippen LogP contribution is -2.36. The van der Waals surface area contributed by atoms with Crippen LogP contribution in [-0.4, -0.2) is 58.5 Å². The molecule has 1 saturated heterocycles. The molecule has 0 radical (unpaired) electrons. The van der Waals surface area contributed by atoms with Crippen LogP contribution < -0.4 is 10.2 Å². The zero-order valence-corrected chi connectivity index (χ0v) is 14.7. The van der Waals surface area contributed by atoms with Crippen LogP contribution in [0.15, 0.2) is 24.3 Å². The first-order chi connectivity index (χ1) is 12.2. The van der Waals surface area contributed by atoms with E-state index in [-0.39, 0.29) is 18.5 Å². The Hall–Kier alpha value is -2.48. The lowest BCUT2D eigenvalue weighted by Gasteiger charge is -2.28. The predicted molar refractivity (Wildman–Crippen MR) is 94.2 cm³/mol. The van der Waals surface area contributed by atoms with Crippen LogP contribution in [0.25, 0.3) is 11.4 Å². The quantitative estimate of drug-likeness (QED) is 0.844. The van der Waals surface area contributed by atoms with Crippen molar-refractivity contribution in [2.45, 2.75) is 32.9 Å². The number of nitrogens with zero attached hydrogens (tertiary/aromatic N) is 5. The van der Waals surface area contributed by atoms with E-state index in [1.807, 2.05) is 26.0 Å². The zero-order valence-electron chi connectivity index (χ0n) is 14.7. The minimum Gasteiger partial charge on any atom is -0.378 e. The second-order valence-corrected chi connectivity index (χ2v) is 6.17. The number of carbonyl (C=O) groups excluding carboxylic acids is 1. The fraction of sp³-hybridized carbons (Fsp3) is 0.529. The van der Waals surface area contributed by atoms with Crippen LogP contribution in [0.2, 0.25) is 0 Å². The van der Waals surface area contributed by atoms with Crippen molar-refractivity contribution in [3.63, 3.8) is 0 Å². The van der Waals surface area contributed by atoms with Crippen molar-refractivity contribution in [1.29, 1.82) is 0 Å². The molecule has 2 aromatic rings.